The lowest BCUT2D eigenvalue weighted by Gasteiger charge is -2.25. The third kappa shape index (κ3) is 5.55. The van der Waals surface area contributed by atoms with Crippen molar-refractivity contribution in [3.8, 4) is 11.5 Å². The van der Waals surface area contributed by atoms with Crippen molar-refractivity contribution in [3.05, 3.63) is 70.3 Å². The Hall–Kier alpha value is -3.61. The van der Waals surface area contributed by atoms with Crippen LogP contribution in [0.1, 0.15) is 38.6 Å². The van der Waals surface area contributed by atoms with Crippen LogP contribution in [0.2, 0.25) is 0 Å². The van der Waals surface area contributed by atoms with Crippen LogP contribution in [0, 0.1) is 0 Å². The molecule has 0 aliphatic rings. The van der Waals surface area contributed by atoms with Crippen molar-refractivity contribution < 1.29 is 14.3 Å². The first-order valence-electron chi connectivity index (χ1n) is 10.7. The monoisotopic (exact) mass is 435 g/mol. The van der Waals surface area contributed by atoms with Gasteiger partial charge < -0.3 is 19.4 Å². The number of methoxy groups -OCH3 is 1. The van der Waals surface area contributed by atoms with Gasteiger partial charge in [0.25, 0.3) is 5.56 Å². The normalized spacial score (nSPS) is 11.3. The maximum absolute atomic E-state index is 12.9. The lowest BCUT2D eigenvalue weighted by Crippen LogP contribution is -2.36. The van der Waals surface area contributed by atoms with Crippen molar-refractivity contribution in [2.45, 2.75) is 39.8 Å². The summed E-state index contributed by atoms with van der Waals surface area (Å²) in [6, 6.07) is 12.6. The quantitative estimate of drug-likeness (QED) is 0.510. The molecule has 0 unspecified atom stereocenters. The van der Waals surface area contributed by atoms with Crippen LogP contribution in [0.3, 0.4) is 0 Å². The van der Waals surface area contributed by atoms with Gasteiger partial charge in [0.15, 0.2) is 11.5 Å². The standard InChI is InChI=1S/C25H29N3O4/c1-5-14-32-21-12-10-18(15-22(21)31-4)11-13-24(29)28(17(2)3)16-23-26-20-9-7-6-8-19(20)25(30)27-23/h6-13,15,17H,5,14,16H2,1-4H3,(H,26,27,30)/b13-11+. The average molecular weight is 436 g/mol. The van der Waals surface area contributed by atoms with E-state index >= 15 is 0 Å². The minimum absolute atomic E-state index is 0.0803. The molecule has 0 bridgehead atoms. The second kappa shape index (κ2) is 10.6. The van der Waals surface area contributed by atoms with E-state index in [0.29, 0.717) is 34.8 Å². The molecule has 0 aliphatic carbocycles. The van der Waals surface area contributed by atoms with E-state index in [1.807, 2.05) is 45.0 Å². The van der Waals surface area contributed by atoms with E-state index in [9.17, 15) is 9.59 Å². The van der Waals surface area contributed by atoms with Crippen LogP contribution < -0.4 is 15.0 Å². The van der Waals surface area contributed by atoms with Crippen molar-refractivity contribution >= 4 is 22.9 Å². The first kappa shape index (κ1) is 23.1. The van der Waals surface area contributed by atoms with Gasteiger partial charge in [0.1, 0.15) is 5.82 Å². The van der Waals surface area contributed by atoms with Crippen LogP contribution >= 0.6 is 0 Å². The van der Waals surface area contributed by atoms with Gasteiger partial charge >= 0.3 is 0 Å². The number of fused-ring (bicyclic) bond motifs is 1. The molecule has 168 valence electrons. The second-order valence-corrected chi connectivity index (χ2v) is 7.68. The van der Waals surface area contributed by atoms with Crippen LogP contribution in [-0.4, -0.2) is 40.5 Å². The number of rotatable bonds is 9. The summed E-state index contributed by atoms with van der Waals surface area (Å²) in [6.45, 7) is 6.70. The number of aromatic amines is 1. The maximum Gasteiger partial charge on any atom is 0.258 e. The van der Waals surface area contributed by atoms with Crippen LogP contribution in [0.4, 0.5) is 0 Å². The predicted molar refractivity (Wildman–Crippen MR) is 126 cm³/mol. The molecule has 7 nitrogen and oxygen atoms in total. The highest BCUT2D eigenvalue weighted by molar-refractivity contribution is 5.92. The van der Waals surface area contributed by atoms with E-state index in [2.05, 4.69) is 9.97 Å². The first-order chi connectivity index (χ1) is 15.4. The number of hydrogen-bond donors (Lipinski definition) is 1. The van der Waals surface area contributed by atoms with Crippen molar-refractivity contribution in [1.82, 2.24) is 14.9 Å². The molecule has 3 aromatic rings. The molecule has 0 saturated carbocycles. The molecule has 1 N–H and O–H groups in total. The Balaban J connectivity index is 1.78. The van der Waals surface area contributed by atoms with Gasteiger partial charge in [-0.1, -0.05) is 25.1 Å². The fourth-order valence-electron chi connectivity index (χ4n) is 3.27. The lowest BCUT2D eigenvalue weighted by molar-refractivity contribution is -0.128. The Morgan fingerprint density at radius 2 is 1.97 bits per heavy atom. The summed E-state index contributed by atoms with van der Waals surface area (Å²) in [5.41, 5.74) is 1.21. The highest BCUT2D eigenvalue weighted by Crippen LogP contribution is 2.28. The molecule has 0 aliphatic heterocycles. The highest BCUT2D eigenvalue weighted by atomic mass is 16.5. The van der Waals surface area contributed by atoms with Gasteiger partial charge in [-0.15, -0.1) is 0 Å². The number of hydrogen-bond acceptors (Lipinski definition) is 5. The number of ether oxygens (including phenoxy) is 2. The topological polar surface area (TPSA) is 84.5 Å². The van der Waals surface area contributed by atoms with E-state index < -0.39 is 0 Å². The molecule has 1 heterocycles. The molecule has 0 atom stereocenters. The third-order valence-corrected chi connectivity index (χ3v) is 4.96. The minimum atomic E-state index is -0.213. The molecule has 0 saturated heterocycles. The Bertz CT molecular complexity index is 1170. The Kier molecular flexibility index (Phi) is 7.65. The number of nitrogens with one attached hydrogen (secondary N) is 1. The molecule has 0 fully saturated rings. The zero-order chi connectivity index (χ0) is 23.1. The molecule has 1 aromatic heterocycles. The third-order valence-electron chi connectivity index (χ3n) is 4.96. The fraction of sp³-hybridized carbons (Fsp3) is 0.320. The van der Waals surface area contributed by atoms with Crippen LogP contribution in [0.25, 0.3) is 17.0 Å². The Morgan fingerprint density at radius 3 is 2.69 bits per heavy atom. The molecule has 32 heavy (non-hydrogen) atoms. The van der Waals surface area contributed by atoms with Gasteiger partial charge in [0.05, 0.1) is 31.2 Å². The largest absolute Gasteiger partial charge is 0.493 e. The average Bonchev–Trinajstić information content (AvgIpc) is 2.79. The smallest absolute Gasteiger partial charge is 0.258 e. The molecule has 3 rings (SSSR count). The summed E-state index contributed by atoms with van der Waals surface area (Å²) in [7, 11) is 1.59. The summed E-state index contributed by atoms with van der Waals surface area (Å²) in [5, 5.41) is 0.527. The Labute approximate surface area is 187 Å². The van der Waals surface area contributed by atoms with Gasteiger partial charge in [0, 0.05) is 12.1 Å². The van der Waals surface area contributed by atoms with E-state index in [1.165, 1.54) is 6.08 Å². The SMILES string of the molecule is CCCOc1ccc(/C=C/C(=O)N(Cc2nc3ccccc3c(=O)[nH]2)C(C)C)cc1OC. The van der Waals surface area contributed by atoms with E-state index in [0.717, 1.165) is 12.0 Å². The zero-order valence-corrected chi connectivity index (χ0v) is 18.9. The maximum atomic E-state index is 12.9. The van der Waals surface area contributed by atoms with Gasteiger partial charge in [-0.25, -0.2) is 4.98 Å². The summed E-state index contributed by atoms with van der Waals surface area (Å²) in [6.07, 6.45) is 4.16. The summed E-state index contributed by atoms with van der Waals surface area (Å²) < 4.78 is 11.1. The number of benzene rings is 2. The van der Waals surface area contributed by atoms with Crippen molar-refractivity contribution in [2.24, 2.45) is 0 Å². The lowest BCUT2D eigenvalue weighted by atomic mass is 10.1. The van der Waals surface area contributed by atoms with Crippen molar-refractivity contribution in [3.63, 3.8) is 0 Å². The summed E-state index contributed by atoms with van der Waals surface area (Å²) in [4.78, 5) is 34.2. The number of amides is 1. The fourth-order valence-corrected chi connectivity index (χ4v) is 3.27. The van der Waals surface area contributed by atoms with Gasteiger partial charge in [-0.3, -0.25) is 9.59 Å². The zero-order valence-electron chi connectivity index (χ0n) is 18.9. The van der Waals surface area contributed by atoms with E-state index in [4.69, 9.17) is 9.47 Å². The number of carbonyl (C=O) groups excluding carboxylic acids is 1. The second-order valence-electron chi connectivity index (χ2n) is 7.68. The van der Waals surface area contributed by atoms with Crippen LogP contribution in [-0.2, 0) is 11.3 Å². The number of carbonyl (C=O) groups is 1. The summed E-state index contributed by atoms with van der Waals surface area (Å²) >= 11 is 0. The van der Waals surface area contributed by atoms with Crippen LogP contribution in [0.15, 0.2) is 53.3 Å². The number of nitrogens with zero attached hydrogens (tertiary/aromatic N) is 2. The van der Waals surface area contributed by atoms with Crippen molar-refractivity contribution in [1.29, 1.82) is 0 Å². The Morgan fingerprint density at radius 1 is 1.19 bits per heavy atom. The highest BCUT2D eigenvalue weighted by Gasteiger charge is 2.17. The first-order valence-corrected chi connectivity index (χ1v) is 10.7. The molecule has 0 spiro atoms. The number of para-hydroxylation sites is 1. The molecule has 1 amide bonds. The molecule has 7 heteroatoms. The predicted octanol–water partition coefficient (Wildman–Crippen LogP) is 4.17. The number of aromatic nitrogens is 2. The molecular formula is C25H29N3O4. The molecular weight excluding hydrogens is 406 g/mol. The van der Waals surface area contributed by atoms with Gasteiger partial charge in [0.2, 0.25) is 5.91 Å². The van der Waals surface area contributed by atoms with Gasteiger partial charge in [-0.05, 0) is 56.2 Å². The van der Waals surface area contributed by atoms with E-state index in [1.54, 1.807) is 36.3 Å². The van der Waals surface area contributed by atoms with Gasteiger partial charge in [-0.2, -0.15) is 0 Å². The molecule has 2 aromatic carbocycles. The minimum Gasteiger partial charge on any atom is -0.493 e. The van der Waals surface area contributed by atoms with Crippen LogP contribution in [0.5, 0.6) is 11.5 Å². The van der Waals surface area contributed by atoms with E-state index in [-0.39, 0.29) is 24.1 Å². The number of H-pyrrole nitrogens is 1. The van der Waals surface area contributed by atoms with Crippen molar-refractivity contribution in [2.75, 3.05) is 13.7 Å². The summed E-state index contributed by atoms with van der Waals surface area (Å²) in [5.74, 6) is 1.56. The molecule has 0 radical (unpaired) electrons.